The quantitative estimate of drug-likeness (QED) is 0.655. The van der Waals surface area contributed by atoms with Gasteiger partial charge in [0.15, 0.2) is 0 Å². The van der Waals surface area contributed by atoms with Crippen molar-refractivity contribution in [1.29, 1.82) is 0 Å². The minimum atomic E-state index is -0.824. The number of nitrogens with one attached hydrogen (secondary N) is 1. The van der Waals surface area contributed by atoms with Crippen LogP contribution in [0.15, 0.2) is 48.5 Å². The van der Waals surface area contributed by atoms with Gasteiger partial charge in [0.1, 0.15) is 24.1 Å². The molecule has 0 bridgehead atoms. The second-order valence-electron chi connectivity index (χ2n) is 6.59. The Morgan fingerprint density at radius 2 is 1.90 bits per heavy atom. The van der Waals surface area contributed by atoms with E-state index in [2.05, 4.69) is 5.32 Å². The van der Waals surface area contributed by atoms with Crippen LogP contribution in [0.25, 0.3) is 0 Å². The molecule has 2 aromatic carbocycles. The van der Waals surface area contributed by atoms with Gasteiger partial charge in [-0.3, -0.25) is 9.69 Å². The summed E-state index contributed by atoms with van der Waals surface area (Å²) in [4.78, 5) is 26.3. The van der Waals surface area contributed by atoms with E-state index in [1.165, 1.54) is 12.0 Å². The van der Waals surface area contributed by atoms with E-state index in [0.717, 1.165) is 5.56 Å². The van der Waals surface area contributed by atoms with Crippen LogP contribution in [-0.4, -0.2) is 54.9 Å². The summed E-state index contributed by atoms with van der Waals surface area (Å²) >= 11 is 0. The Kier molecular flexibility index (Phi) is 6.56. The van der Waals surface area contributed by atoms with E-state index in [9.17, 15) is 14.7 Å². The lowest BCUT2D eigenvalue weighted by molar-refractivity contribution is -0.138. The Labute approximate surface area is 169 Å². The first-order valence-corrected chi connectivity index (χ1v) is 9.16. The zero-order chi connectivity index (χ0) is 20.8. The second kappa shape index (κ2) is 9.29. The molecule has 8 heteroatoms. The van der Waals surface area contributed by atoms with Crippen molar-refractivity contribution in [3.8, 4) is 11.5 Å². The van der Waals surface area contributed by atoms with Gasteiger partial charge in [0.25, 0.3) is 0 Å². The van der Waals surface area contributed by atoms with Crippen molar-refractivity contribution in [2.75, 3.05) is 20.8 Å². The van der Waals surface area contributed by atoms with Crippen molar-refractivity contribution < 1.29 is 28.9 Å². The Bertz CT molecular complexity index is 858. The Morgan fingerprint density at radius 1 is 1.14 bits per heavy atom. The summed E-state index contributed by atoms with van der Waals surface area (Å²) in [6, 6.07) is 13.1. The highest BCUT2D eigenvalue weighted by Gasteiger charge is 2.45. The molecule has 0 saturated carbocycles. The molecule has 29 heavy (non-hydrogen) atoms. The van der Waals surface area contributed by atoms with Crippen LogP contribution in [-0.2, 0) is 22.7 Å². The van der Waals surface area contributed by atoms with Crippen LogP contribution in [0.1, 0.15) is 11.1 Å². The van der Waals surface area contributed by atoms with Crippen molar-refractivity contribution in [3.05, 3.63) is 59.7 Å². The summed E-state index contributed by atoms with van der Waals surface area (Å²) in [5.41, 5.74) is 1.51. The molecule has 2 amide bonds. The van der Waals surface area contributed by atoms with Gasteiger partial charge in [-0.05, 0) is 17.7 Å². The highest BCUT2D eigenvalue weighted by Crippen LogP contribution is 2.28. The number of hydrogen-bond donors (Lipinski definition) is 2. The molecule has 2 atom stereocenters. The highest BCUT2D eigenvalue weighted by molar-refractivity contribution is 5.92. The number of β-lactam (4-membered cyclic amide) rings is 1. The first-order chi connectivity index (χ1) is 14.1. The molecule has 2 aromatic rings. The van der Waals surface area contributed by atoms with Crippen molar-refractivity contribution >= 4 is 12.0 Å². The van der Waals surface area contributed by atoms with E-state index in [0.29, 0.717) is 17.1 Å². The maximum Gasteiger partial charge on any atom is 0.411 e. The first-order valence-electron chi connectivity index (χ1n) is 9.16. The van der Waals surface area contributed by atoms with Crippen LogP contribution in [0.2, 0.25) is 0 Å². The fraction of sp³-hybridized carbons (Fsp3) is 0.333. The van der Waals surface area contributed by atoms with Crippen LogP contribution in [0.3, 0.4) is 0 Å². The van der Waals surface area contributed by atoms with Gasteiger partial charge in [0.05, 0.1) is 33.4 Å². The van der Waals surface area contributed by atoms with Gasteiger partial charge >= 0.3 is 6.09 Å². The van der Waals surface area contributed by atoms with Crippen molar-refractivity contribution in [2.45, 2.75) is 25.2 Å². The maximum absolute atomic E-state index is 12.9. The molecule has 1 aliphatic heterocycles. The number of rotatable bonds is 8. The molecule has 0 spiro atoms. The summed E-state index contributed by atoms with van der Waals surface area (Å²) < 4.78 is 16.0. The normalized spacial score (nSPS) is 17.7. The lowest BCUT2D eigenvalue weighted by Crippen LogP contribution is -2.71. The maximum atomic E-state index is 12.9. The van der Waals surface area contributed by atoms with E-state index < -0.39 is 18.2 Å². The fourth-order valence-corrected chi connectivity index (χ4v) is 3.18. The Morgan fingerprint density at radius 3 is 2.52 bits per heavy atom. The molecule has 2 N–H and O–H groups in total. The Hall–Kier alpha value is -3.26. The number of carbonyl (C=O) groups excluding carboxylic acids is 2. The van der Waals surface area contributed by atoms with Crippen LogP contribution in [0.4, 0.5) is 4.79 Å². The van der Waals surface area contributed by atoms with Crippen molar-refractivity contribution in [2.24, 2.45) is 0 Å². The highest BCUT2D eigenvalue weighted by atomic mass is 16.6. The number of hydrogen-bond acceptors (Lipinski definition) is 6. The van der Waals surface area contributed by atoms with Crippen LogP contribution >= 0.6 is 0 Å². The predicted molar refractivity (Wildman–Crippen MR) is 105 cm³/mol. The van der Waals surface area contributed by atoms with Crippen LogP contribution < -0.4 is 14.8 Å². The smallest absolute Gasteiger partial charge is 0.411 e. The standard InChI is InChI=1S/C21H24N2O6/c1-27-16-9-8-15(18(10-16)28-2)11-23(19-17(12-24)22-20(19)25)21(26)29-13-14-6-4-3-5-7-14/h3-10,17,19,24H,11-13H2,1-2H3,(H,22,25)/t17-,19+/m1/s1. The van der Waals surface area contributed by atoms with Crippen LogP contribution in [0.5, 0.6) is 11.5 Å². The van der Waals surface area contributed by atoms with E-state index in [4.69, 9.17) is 14.2 Å². The fourth-order valence-electron chi connectivity index (χ4n) is 3.18. The molecule has 0 aromatic heterocycles. The number of carbonyl (C=O) groups is 2. The largest absolute Gasteiger partial charge is 0.497 e. The summed E-state index contributed by atoms with van der Waals surface area (Å²) in [5.74, 6) is 0.789. The number of amides is 2. The SMILES string of the molecule is COc1ccc(CN(C(=O)OCc2ccccc2)[C@@H]2C(=O)N[C@@H]2CO)c(OC)c1. The third-order valence-corrected chi connectivity index (χ3v) is 4.78. The molecule has 1 fully saturated rings. The predicted octanol–water partition coefficient (Wildman–Crippen LogP) is 1.70. The average molecular weight is 400 g/mol. The number of methoxy groups -OCH3 is 2. The molecule has 0 unspecified atom stereocenters. The van der Waals surface area contributed by atoms with Crippen molar-refractivity contribution in [3.63, 3.8) is 0 Å². The number of ether oxygens (including phenoxy) is 3. The zero-order valence-electron chi connectivity index (χ0n) is 16.3. The zero-order valence-corrected chi connectivity index (χ0v) is 16.3. The minimum absolute atomic E-state index is 0.0774. The molecular weight excluding hydrogens is 376 g/mol. The van der Waals surface area contributed by atoms with Gasteiger partial charge < -0.3 is 24.6 Å². The van der Waals surface area contributed by atoms with Gasteiger partial charge in [-0.15, -0.1) is 0 Å². The van der Waals surface area contributed by atoms with E-state index in [1.54, 1.807) is 25.3 Å². The monoisotopic (exact) mass is 400 g/mol. The second-order valence-corrected chi connectivity index (χ2v) is 6.59. The molecule has 0 aliphatic carbocycles. The molecule has 0 radical (unpaired) electrons. The molecule has 154 valence electrons. The molecule has 3 rings (SSSR count). The average Bonchev–Trinajstić information content (AvgIpc) is 2.75. The molecule has 1 aliphatic rings. The molecular formula is C21H24N2O6. The minimum Gasteiger partial charge on any atom is -0.497 e. The summed E-state index contributed by atoms with van der Waals surface area (Å²) in [5, 5.41) is 12.1. The van der Waals surface area contributed by atoms with E-state index in [1.807, 2.05) is 30.3 Å². The molecule has 1 saturated heterocycles. The molecule has 1 heterocycles. The Balaban J connectivity index is 1.81. The third-order valence-electron chi connectivity index (χ3n) is 4.78. The topological polar surface area (TPSA) is 97.3 Å². The van der Waals surface area contributed by atoms with E-state index >= 15 is 0 Å². The third kappa shape index (κ3) is 4.60. The number of aliphatic hydroxyl groups is 1. The number of aliphatic hydroxyl groups excluding tert-OH is 1. The first kappa shape index (κ1) is 20.5. The van der Waals surface area contributed by atoms with E-state index in [-0.39, 0.29) is 25.7 Å². The lowest BCUT2D eigenvalue weighted by atomic mass is 9.97. The van der Waals surface area contributed by atoms with Gasteiger partial charge in [-0.2, -0.15) is 0 Å². The van der Waals surface area contributed by atoms with Gasteiger partial charge in [-0.25, -0.2) is 4.79 Å². The van der Waals surface area contributed by atoms with Crippen LogP contribution in [0, 0.1) is 0 Å². The lowest BCUT2D eigenvalue weighted by Gasteiger charge is -2.42. The van der Waals surface area contributed by atoms with Gasteiger partial charge in [0.2, 0.25) is 5.91 Å². The molecule has 8 nitrogen and oxygen atoms in total. The number of nitrogens with zero attached hydrogens (tertiary/aromatic N) is 1. The van der Waals surface area contributed by atoms with Gasteiger partial charge in [-0.1, -0.05) is 30.3 Å². The summed E-state index contributed by atoms with van der Waals surface area (Å²) in [6.07, 6.45) is -0.648. The van der Waals surface area contributed by atoms with Gasteiger partial charge in [0, 0.05) is 11.6 Å². The number of benzene rings is 2. The van der Waals surface area contributed by atoms with Crippen molar-refractivity contribution in [1.82, 2.24) is 10.2 Å². The summed E-state index contributed by atoms with van der Waals surface area (Å²) in [6.45, 7) is -0.123. The summed E-state index contributed by atoms with van der Waals surface area (Å²) in [7, 11) is 3.06.